The highest BCUT2D eigenvalue weighted by Gasteiger charge is 2.27. The van der Waals surface area contributed by atoms with Gasteiger partial charge in [0.05, 0.1) is 12.2 Å². The molecule has 0 radical (unpaired) electrons. The monoisotopic (exact) mass is 380 g/mol. The number of ether oxygens (including phenoxy) is 2. The van der Waals surface area contributed by atoms with Crippen molar-refractivity contribution in [1.82, 2.24) is 10.6 Å². The fourth-order valence-corrected chi connectivity index (χ4v) is 2.29. The Bertz CT molecular complexity index is 577. The maximum absolute atomic E-state index is 12.5. The molecule has 1 aromatic carbocycles. The van der Waals surface area contributed by atoms with Crippen LogP contribution in [-0.2, 0) is 20.7 Å². The molecule has 1 atom stereocenters. The lowest BCUT2D eigenvalue weighted by Crippen LogP contribution is -2.51. The smallest absolute Gasteiger partial charge is 0.331 e. The first-order valence-corrected chi connectivity index (χ1v) is 9.32. The Morgan fingerprint density at radius 1 is 1.08 bits per heavy atom. The molecule has 0 heterocycles. The summed E-state index contributed by atoms with van der Waals surface area (Å²) in [5, 5.41) is 6.56. The van der Waals surface area contributed by atoms with Gasteiger partial charge in [0.25, 0.3) is 0 Å². The molecule has 0 fully saturated rings. The summed E-state index contributed by atoms with van der Waals surface area (Å²) < 4.78 is 11.2. The number of thiocarbonyl (C=S) groups is 1. The Hall–Kier alpha value is -1.66. The van der Waals surface area contributed by atoms with Gasteiger partial charge in [-0.15, -0.1) is 0 Å². The van der Waals surface area contributed by atoms with Gasteiger partial charge in [-0.25, -0.2) is 4.79 Å². The van der Waals surface area contributed by atoms with Crippen LogP contribution in [0.15, 0.2) is 30.3 Å². The summed E-state index contributed by atoms with van der Waals surface area (Å²) in [6.45, 7) is 12.2. The van der Waals surface area contributed by atoms with Gasteiger partial charge >= 0.3 is 5.97 Å². The van der Waals surface area contributed by atoms with Crippen LogP contribution in [0.25, 0.3) is 0 Å². The Morgan fingerprint density at radius 3 is 2.23 bits per heavy atom. The van der Waals surface area contributed by atoms with E-state index in [9.17, 15) is 4.79 Å². The highest BCUT2D eigenvalue weighted by Crippen LogP contribution is 2.11. The lowest BCUT2D eigenvalue weighted by molar-refractivity contribution is -0.160. The molecule has 146 valence electrons. The Kier molecular flexibility index (Phi) is 8.50. The third kappa shape index (κ3) is 10.4. The van der Waals surface area contributed by atoms with Crippen LogP contribution in [0.4, 0.5) is 0 Å². The van der Waals surface area contributed by atoms with E-state index in [1.54, 1.807) is 0 Å². The zero-order valence-corrected chi connectivity index (χ0v) is 17.5. The van der Waals surface area contributed by atoms with Gasteiger partial charge in [0, 0.05) is 6.54 Å². The molecule has 0 aliphatic carbocycles. The molecule has 0 aliphatic rings. The SMILES string of the molecule is CC(C)(C)OCC(NC(=S)NCCc1ccccc1)C(=O)OC(C)(C)C. The first-order valence-electron chi connectivity index (χ1n) is 8.91. The highest BCUT2D eigenvalue weighted by atomic mass is 32.1. The van der Waals surface area contributed by atoms with Crippen molar-refractivity contribution in [1.29, 1.82) is 0 Å². The Balaban J connectivity index is 2.56. The molecule has 2 N–H and O–H groups in total. The van der Waals surface area contributed by atoms with E-state index in [2.05, 4.69) is 22.8 Å². The zero-order valence-electron chi connectivity index (χ0n) is 16.7. The number of rotatable bonds is 7. The van der Waals surface area contributed by atoms with E-state index in [4.69, 9.17) is 21.7 Å². The molecule has 0 aromatic heterocycles. The minimum absolute atomic E-state index is 0.179. The average molecular weight is 381 g/mol. The summed E-state index contributed by atoms with van der Waals surface area (Å²) in [7, 11) is 0. The van der Waals surface area contributed by atoms with Gasteiger partial charge in [-0.1, -0.05) is 30.3 Å². The topological polar surface area (TPSA) is 59.6 Å². The predicted molar refractivity (Wildman–Crippen MR) is 109 cm³/mol. The zero-order chi connectivity index (χ0) is 19.8. The fourth-order valence-electron chi connectivity index (χ4n) is 2.05. The van der Waals surface area contributed by atoms with Gasteiger partial charge in [-0.3, -0.25) is 0 Å². The molecule has 0 bridgehead atoms. The summed E-state index contributed by atoms with van der Waals surface area (Å²) in [5.74, 6) is -0.381. The molecule has 0 saturated heterocycles. The van der Waals surface area contributed by atoms with Gasteiger partial charge in [-0.05, 0) is 65.7 Å². The van der Waals surface area contributed by atoms with Gasteiger partial charge in [0.15, 0.2) is 5.11 Å². The molecule has 5 nitrogen and oxygen atoms in total. The fraction of sp³-hybridized carbons (Fsp3) is 0.600. The quantitative estimate of drug-likeness (QED) is 0.559. The molecular weight excluding hydrogens is 348 g/mol. The molecule has 0 spiro atoms. The van der Waals surface area contributed by atoms with Gasteiger partial charge in [0.2, 0.25) is 0 Å². The molecule has 6 heteroatoms. The summed E-state index contributed by atoms with van der Waals surface area (Å²) in [6, 6.07) is 9.48. The third-order valence-electron chi connectivity index (χ3n) is 3.22. The molecule has 1 rings (SSSR count). The number of carbonyl (C=O) groups excluding carboxylic acids is 1. The van der Waals surface area contributed by atoms with E-state index in [1.165, 1.54) is 5.56 Å². The minimum atomic E-state index is -0.662. The van der Waals surface area contributed by atoms with Crippen molar-refractivity contribution >= 4 is 23.3 Å². The number of nitrogens with one attached hydrogen (secondary N) is 2. The van der Waals surface area contributed by atoms with E-state index in [0.29, 0.717) is 11.7 Å². The first-order chi connectivity index (χ1) is 12.0. The molecule has 0 amide bonds. The first kappa shape index (κ1) is 22.4. The second-order valence-corrected chi connectivity index (χ2v) is 8.55. The number of hydrogen-bond donors (Lipinski definition) is 2. The van der Waals surface area contributed by atoms with Crippen molar-refractivity contribution < 1.29 is 14.3 Å². The summed E-state index contributed by atoms with van der Waals surface area (Å²) in [4.78, 5) is 12.5. The van der Waals surface area contributed by atoms with Crippen LogP contribution in [0.2, 0.25) is 0 Å². The summed E-state index contributed by atoms with van der Waals surface area (Å²) in [5.41, 5.74) is 0.299. The Morgan fingerprint density at radius 2 is 1.69 bits per heavy atom. The van der Waals surface area contributed by atoms with Crippen molar-refractivity contribution in [3.63, 3.8) is 0 Å². The molecule has 1 unspecified atom stereocenters. The lowest BCUT2D eigenvalue weighted by Gasteiger charge is -2.28. The Labute approximate surface area is 162 Å². The maximum Gasteiger partial charge on any atom is 0.331 e. The van der Waals surface area contributed by atoms with Crippen LogP contribution >= 0.6 is 12.2 Å². The van der Waals surface area contributed by atoms with Crippen LogP contribution < -0.4 is 10.6 Å². The third-order valence-corrected chi connectivity index (χ3v) is 3.48. The second-order valence-electron chi connectivity index (χ2n) is 8.15. The van der Waals surface area contributed by atoms with Crippen LogP contribution in [-0.4, -0.2) is 41.5 Å². The number of benzene rings is 1. The van der Waals surface area contributed by atoms with Crippen LogP contribution in [0.1, 0.15) is 47.1 Å². The molecule has 0 aliphatic heterocycles. The standard InChI is InChI=1S/C20H32N2O3S/c1-19(2,3)24-14-16(17(23)25-20(4,5)6)22-18(26)21-13-12-15-10-8-7-9-11-15/h7-11,16H,12-14H2,1-6H3,(H2,21,22,26). The summed E-state index contributed by atoms with van der Waals surface area (Å²) >= 11 is 5.33. The largest absolute Gasteiger partial charge is 0.458 e. The van der Waals surface area contributed by atoms with Crippen molar-refractivity contribution in [2.75, 3.05) is 13.2 Å². The molecular formula is C20H32N2O3S. The number of hydrogen-bond acceptors (Lipinski definition) is 4. The summed E-state index contributed by atoms with van der Waals surface area (Å²) in [6.07, 6.45) is 0.845. The van der Waals surface area contributed by atoms with Crippen LogP contribution in [0, 0.1) is 0 Å². The highest BCUT2D eigenvalue weighted by molar-refractivity contribution is 7.80. The van der Waals surface area contributed by atoms with Crippen molar-refractivity contribution in [2.45, 2.75) is 65.2 Å². The van der Waals surface area contributed by atoms with Crippen LogP contribution in [0.3, 0.4) is 0 Å². The minimum Gasteiger partial charge on any atom is -0.458 e. The van der Waals surface area contributed by atoms with Crippen molar-refractivity contribution in [2.24, 2.45) is 0 Å². The molecule has 26 heavy (non-hydrogen) atoms. The van der Waals surface area contributed by atoms with Crippen LogP contribution in [0.5, 0.6) is 0 Å². The van der Waals surface area contributed by atoms with Crippen molar-refractivity contribution in [3.8, 4) is 0 Å². The predicted octanol–water partition coefficient (Wildman–Crippen LogP) is 3.22. The normalized spacial score (nSPS) is 13.0. The number of esters is 1. The van der Waals surface area contributed by atoms with E-state index in [1.807, 2.05) is 59.7 Å². The van der Waals surface area contributed by atoms with E-state index >= 15 is 0 Å². The van der Waals surface area contributed by atoms with E-state index in [-0.39, 0.29) is 18.2 Å². The number of carbonyl (C=O) groups is 1. The molecule has 0 saturated carbocycles. The van der Waals surface area contributed by atoms with E-state index < -0.39 is 11.6 Å². The maximum atomic E-state index is 12.5. The lowest BCUT2D eigenvalue weighted by atomic mass is 10.1. The second kappa shape index (κ2) is 9.88. The van der Waals surface area contributed by atoms with E-state index in [0.717, 1.165) is 6.42 Å². The van der Waals surface area contributed by atoms with Gasteiger partial charge in [0.1, 0.15) is 11.6 Å². The van der Waals surface area contributed by atoms with Crippen molar-refractivity contribution in [3.05, 3.63) is 35.9 Å². The molecule has 1 aromatic rings. The van der Waals surface area contributed by atoms with Gasteiger partial charge in [-0.2, -0.15) is 0 Å². The average Bonchev–Trinajstić information content (AvgIpc) is 2.49. The van der Waals surface area contributed by atoms with Gasteiger partial charge < -0.3 is 20.1 Å².